The number of halogens is 2. The number of aromatic nitrogens is 3. The molecule has 0 aliphatic carbocycles. The molecule has 0 atom stereocenters. The van der Waals surface area contributed by atoms with Crippen LogP contribution in [0.5, 0.6) is 5.75 Å². The van der Waals surface area contributed by atoms with Crippen molar-refractivity contribution in [3.8, 4) is 11.4 Å². The van der Waals surface area contributed by atoms with Gasteiger partial charge in [-0.05, 0) is 38.5 Å². The molecule has 34 heavy (non-hydrogen) atoms. The van der Waals surface area contributed by atoms with Gasteiger partial charge in [0.05, 0.1) is 6.61 Å². The zero-order valence-electron chi connectivity index (χ0n) is 19.5. The van der Waals surface area contributed by atoms with Gasteiger partial charge in [0.25, 0.3) is 0 Å². The molecule has 2 amide bonds. The summed E-state index contributed by atoms with van der Waals surface area (Å²) in [6.45, 7) is 7.98. The monoisotopic (exact) mass is 470 g/mol. The van der Waals surface area contributed by atoms with Gasteiger partial charge in [0.2, 0.25) is 0 Å². The van der Waals surface area contributed by atoms with E-state index in [9.17, 15) is 13.6 Å². The number of hydrogen-bond donors (Lipinski definition) is 1. The average molecular weight is 471 g/mol. The SMILES string of the molecule is CCOc1cc(N2CCN(C(=O)NCc3ccc(C)c(F)c3F)CC2)ccc1-n1cnc(C)n1. The second-order valence-electron chi connectivity index (χ2n) is 8.12. The number of ether oxygens (including phenoxy) is 1. The van der Waals surface area contributed by atoms with E-state index in [0.29, 0.717) is 44.4 Å². The molecule has 2 aromatic carbocycles. The summed E-state index contributed by atoms with van der Waals surface area (Å²) in [5.74, 6) is -0.412. The number of anilines is 1. The number of carbonyl (C=O) groups excluding carboxylic acids is 1. The molecule has 4 rings (SSSR count). The van der Waals surface area contributed by atoms with E-state index in [1.54, 1.807) is 15.9 Å². The standard InChI is InChI=1S/C24H28F2N6O2/c1-4-34-21-13-19(7-8-20(21)32-15-28-17(3)29-32)30-9-11-31(12-10-30)24(33)27-14-18-6-5-16(2)22(25)23(18)26/h5-8,13,15H,4,9-12,14H2,1-3H3,(H,27,33). The highest BCUT2D eigenvalue weighted by atomic mass is 19.2. The third-order valence-corrected chi connectivity index (χ3v) is 5.81. The molecule has 0 bridgehead atoms. The molecule has 0 spiro atoms. The Balaban J connectivity index is 1.37. The van der Waals surface area contributed by atoms with E-state index in [2.05, 4.69) is 20.3 Å². The van der Waals surface area contributed by atoms with Crippen molar-refractivity contribution < 1.29 is 18.3 Å². The van der Waals surface area contributed by atoms with Crippen LogP contribution < -0.4 is 15.0 Å². The molecule has 2 heterocycles. The highest BCUT2D eigenvalue weighted by Crippen LogP contribution is 2.29. The summed E-state index contributed by atoms with van der Waals surface area (Å²) in [7, 11) is 0. The fourth-order valence-electron chi connectivity index (χ4n) is 3.89. The summed E-state index contributed by atoms with van der Waals surface area (Å²) < 4.78 is 35.3. The zero-order chi connectivity index (χ0) is 24.2. The summed E-state index contributed by atoms with van der Waals surface area (Å²) >= 11 is 0. The van der Waals surface area contributed by atoms with Gasteiger partial charge in [-0.3, -0.25) is 0 Å². The van der Waals surface area contributed by atoms with Gasteiger partial charge in [-0.15, -0.1) is 0 Å². The quantitative estimate of drug-likeness (QED) is 0.596. The molecule has 0 saturated carbocycles. The van der Waals surface area contributed by atoms with Crippen LogP contribution in [0.3, 0.4) is 0 Å². The molecular weight excluding hydrogens is 442 g/mol. The van der Waals surface area contributed by atoms with Crippen LogP contribution in [0.2, 0.25) is 0 Å². The summed E-state index contributed by atoms with van der Waals surface area (Å²) in [5.41, 5.74) is 2.16. The first-order valence-corrected chi connectivity index (χ1v) is 11.2. The van der Waals surface area contributed by atoms with Crippen molar-refractivity contribution in [2.45, 2.75) is 27.3 Å². The van der Waals surface area contributed by atoms with Crippen LogP contribution in [0, 0.1) is 25.5 Å². The van der Waals surface area contributed by atoms with Gasteiger partial charge in [-0.1, -0.05) is 12.1 Å². The number of urea groups is 1. The molecule has 180 valence electrons. The van der Waals surface area contributed by atoms with Gasteiger partial charge in [-0.2, -0.15) is 5.10 Å². The van der Waals surface area contributed by atoms with E-state index < -0.39 is 11.6 Å². The van der Waals surface area contributed by atoms with Gasteiger partial charge in [0.1, 0.15) is 23.6 Å². The normalized spacial score (nSPS) is 13.8. The lowest BCUT2D eigenvalue weighted by Gasteiger charge is -2.36. The van der Waals surface area contributed by atoms with Crippen molar-refractivity contribution in [1.29, 1.82) is 0 Å². The van der Waals surface area contributed by atoms with E-state index in [1.165, 1.54) is 19.1 Å². The molecule has 0 radical (unpaired) electrons. The van der Waals surface area contributed by atoms with Crippen molar-refractivity contribution in [2.24, 2.45) is 0 Å². The molecule has 3 aromatic rings. The Morgan fingerprint density at radius 3 is 2.53 bits per heavy atom. The van der Waals surface area contributed by atoms with Gasteiger partial charge >= 0.3 is 6.03 Å². The Hall–Kier alpha value is -3.69. The maximum absolute atomic E-state index is 14.1. The number of rotatable bonds is 6. The highest BCUT2D eigenvalue weighted by molar-refractivity contribution is 5.74. The minimum absolute atomic E-state index is 0.0664. The molecule has 1 aromatic heterocycles. The van der Waals surface area contributed by atoms with Crippen LogP contribution in [-0.2, 0) is 6.54 Å². The minimum Gasteiger partial charge on any atom is -0.492 e. The largest absolute Gasteiger partial charge is 0.492 e. The molecule has 1 N–H and O–H groups in total. The number of nitrogens with one attached hydrogen (secondary N) is 1. The van der Waals surface area contributed by atoms with Crippen LogP contribution in [0.25, 0.3) is 5.69 Å². The summed E-state index contributed by atoms with van der Waals surface area (Å²) in [6.07, 6.45) is 1.65. The Bertz CT molecular complexity index is 1170. The zero-order valence-corrected chi connectivity index (χ0v) is 19.5. The predicted molar refractivity (Wildman–Crippen MR) is 124 cm³/mol. The lowest BCUT2D eigenvalue weighted by atomic mass is 10.1. The van der Waals surface area contributed by atoms with E-state index in [-0.39, 0.29) is 23.7 Å². The van der Waals surface area contributed by atoms with Crippen LogP contribution in [0.1, 0.15) is 23.9 Å². The second kappa shape index (κ2) is 10.1. The van der Waals surface area contributed by atoms with Crippen molar-refractivity contribution in [2.75, 3.05) is 37.7 Å². The molecule has 1 aliphatic rings. The summed E-state index contributed by atoms with van der Waals surface area (Å²) in [4.78, 5) is 20.6. The Morgan fingerprint density at radius 1 is 1.09 bits per heavy atom. The number of hydrogen-bond acceptors (Lipinski definition) is 5. The van der Waals surface area contributed by atoms with Crippen LogP contribution in [0.15, 0.2) is 36.7 Å². The molecule has 8 nitrogen and oxygen atoms in total. The summed E-state index contributed by atoms with van der Waals surface area (Å²) in [5, 5.41) is 7.06. The van der Waals surface area contributed by atoms with Gasteiger partial charge in [0.15, 0.2) is 11.6 Å². The lowest BCUT2D eigenvalue weighted by molar-refractivity contribution is 0.193. The second-order valence-corrected chi connectivity index (χ2v) is 8.12. The third-order valence-electron chi connectivity index (χ3n) is 5.81. The Kier molecular flexibility index (Phi) is 6.95. The maximum atomic E-state index is 14.1. The number of piperazine rings is 1. The van der Waals surface area contributed by atoms with Crippen molar-refractivity contribution >= 4 is 11.7 Å². The topological polar surface area (TPSA) is 75.5 Å². The Labute approximate surface area is 197 Å². The molecular formula is C24H28F2N6O2. The number of amides is 2. The van der Waals surface area contributed by atoms with Crippen molar-refractivity contribution in [3.63, 3.8) is 0 Å². The number of benzene rings is 2. The Morgan fingerprint density at radius 2 is 1.85 bits per heavy atom. The van der Waals surface area contributed by atoms with Crippen molar-refractivity contribution in [3.05, 3.63) is 65.2 Å². The molecule has 1 aliphatic heterocycles. The fourth-order valence-corrected chi connectivity index (χ4v) is 3.89. The van der Waals surface area contributed by atoms with Crippen molar-refractivity contribution in [1.82, 2.24) is 25.0 Å². The van der Waals surface area contributed by atoms with Gasteiger partial charge in [0, 0.05) is 50.0 Å². The average Bonchev–Trinajstić information content (AvgIpc) is 3.28. The van der Waals surface area contributed by atoms with E-state index in [1.807, 2.05) is 32.0 Å². The number of carbonyl (C=O) groups is 1. The van der Waals surface area contributed by atoms with Crippen LogP contribution in [0.4, 0.5) is 19.3 Å². The first kappa shape index (κ1) is 23.5. The molecule has 1 fully saturated rings. The fraction of sp³-hybridized carbons (Fsp3) is 0.375. The summed E-state index contributed by atoms with van der Waals surface area (Å²) in [6, 6.07) is 8.62. The molecule has 10 heteroatoms. The molecule has 0 unspecified atom stereocenters. The van der Waals surface area contributed by atoms with E-state index in [4.69, 9.17) is 4.74 Å². The van der Waals surface area contributed by atoms with E-state index >= 15 is 0 Å². The maximum Gasteiger partial charge on any atom is 0.317 e. The third kappa shape index (κ3) is 4.95. The number of nitrogens with zero attached hydrogens (tertiary/aromatic N) is 5. The highest BCUT2D eigenvalue weighted by Gasteiger charge is 2.23. The lowest BCUT2D eigenvalue weighted by Crippen LogP contribution is -2.51. The number of aryl methyl sites for hydroxylation is 2. The molecule has 1 saturated heterocycles. The van der Waals surface area contributed by atoms with Crippen LogP contribution >= 0.6 is 0 Å². The minimum atomic E-state index is -0.917. The first-order chi connectivity index (χ1) is 16.4. The van der Waals surface area contributed by atoms with Crippen LogP contribution in [-0.4, -0.2) is 58.5 Å². The first-order valence-electron chi connectivity index (χ1n) is 11.2. The predicted octanol–water partition coefficient (Wildman–Crippen LogP) is 3.59. The van der Waals surface area contributed by atoms with Gasteiger partial charge < -0.3 is 19.9 Å². The van der Waals surface area contributed by atoms with E-state index in [0.717, 1.165) is 11.4 Å². The smallest absolute Gasteiger partial charge is 0.317 e. The van der Waals surface area contributed by atoms with Gasteiger partial charge in [-0.25, -0.2) is 23.2 Å².